The van der Waals surface area contributed by atoms with Crippen LogP contribution in [0.25, 0.3) is 10.9 Å². The van der Waals surface area contributed by atoms with E-state index in [4.69, 9.17) is 15.1 Å². The molecule has 8 heteroatoms. The van der Waals surface area contributed by atoms with Crippen molar-refractivity contribution in [2.45, 2.75) is 18.4 Å². The van der Waals surface area contributed by atoms with Gasteiger partial charge < -0.3 is 15.3 Å². The largest absolute Gasteiger partial charge is 0.481 e. The van der Waals surface area contributed by atoms with Gasteiger partial charge in [0, 0.05) is 16.9 Å². The van der Waals surface area contributed by atoms with Crippen molar-refractivity contribution in [1.82, 2.24) is 0 Å². The maximum atomic E-state index is 11.9. The molecule has 1 aromatic carbocycles. The van der Waals surface area contributed by atoms with Crippen LogP contribution in [0.3, 0.4) is 0 Å². The van der Waals surface area contributed by atoms with Gasteiger partial charge in [0.05, 0.1) is 18.2 Å². The first-order chi connectivity index (χ1) is 10.8. The second-order valence-corrected chi connectivity index (χ2v) is 4.94. The highest BCUT2D eigenvalue weighted by Gasteiger charge is 2.42. The van der Waals surface area contributed by atoms with E-state index in [1.807, 2.05) is 0 Å². The standard InChI is InChI=1S/C15H13NO7/c17-12(18)8-15(22,14(20)21)9-13(19)23-16-7-3-5-10-4-1-2-6-11(10)16/h1-7,22H,8-9H2,(H-,17,18,20,21)/p+1. The van der Waals surface area contributed by atoms with E-state index in [9.17, 15) is 19.5 Å². The van der Waals surface area contributed by atoms with Gasteiger partial charge in [0.2, 0.25) is 6.20 Å². The van der Waals surface area contributed by atoms with Gasteiger partial charge in [0.25, 0.3) is 5.52 Å². The first-order valence-corrected chi connectivity index (χ1v) is 6.60. The Balaban J connectivity index is 2.20. The maximum Gasteiger partial charge on any atom is 0.383 e. The average Bonchev–Trinajstić information content (AvgIpc) is 2.46. The van der Waals surface area contributed by atoms with Crippen molar-refractivity contribution in [1.29, 1.82) is 0 Å². The summed E-state index contributed by atoms with van der Waals surface area (Å²) >= 11 is 0. The minimum absolute atomic E-state index is 0.556. The molecule has 0 aliphatic carbocycles. The summed E-state index contributed by atoms with van der Waals surface area (Å²) in [4.78, 5) is 38.6. The monoisotopic (exact) mass is 320 g/mol. The molecule has 0 aliphatic rings. The van der Waals surface area contributed by atoms with Gasteiger partial charge in [-0.1, -0.05) is 12.1 Å². The van der Waals surface area contributed by atoms with Gasteiger partial charge in [0.1, 0.15) is 0 Å². The summed E-state index contributed by atoms with van der Waals surface area (Å²) < 4.78 is 1.13. The van der Waals surface area contributed by atoms with Crippen LogP contribution >= 0.6 is 0 Å². The zero-order chi connectivity index (χ0) is 17.0. The number of fused-ring (bicyclic) bond motifs is 1. The van der Waals surface area contributed by atoms with Crippen LogP contribution in [0.2, 0.25) is 0 Å². The Morgan fingerprint density at radius 1 is 1.04 bits per heavy atom. The molecule has 1 heterocycles. The molecule has 1 atom stereocenters. The minimum atomic E-state index is -2.73. The fraction of sp³-hybridized carbons (Fsp3) is 0.200. The summed E-state index contributed by atoms with van der Waals surface area (Å²) in [6.07, 6.45) is -0.667. The zero-order valence-corrected chi connectivity index (χ0v) is 11.9. The SMILES string of the molecule is O=C(O)CC(O)(CC(=O)O[n+]1cccc2ccccc21)C(=O)O. The average molecular weight is 320 g/mol. The second kappa shape index (κ2) is 6.41. The van der Waals surface area contributed by atoms with Gasteiger partial charge in [-0.05, 0) is 12.1 Å². The normalized spacial score (nSPS) is 13.3. The molecule has 1 unspecified atom stereocenters. The number of aliphatic hydroxyl groups is 1. The van der Waals surface area contributed by atoms with Crippen molar-refractivity contribution in [3.63, 3.8) is 0 Å². The predicted molar refractivity (Wildman–Crippen MR) is 75.2 cm³/mol. The van der Waals surface area contributed by atoms with E-state index in [0.717, 1.165) is 10.1 Å². The molecule has 2 aromatic rings. The number of aliphatic carboxylic acids is 2. The summed E-state index contributed by atoms with van der Waals surface area (Å²) in [7, 11) is 0. The van der Waals surface area contributed by atoms with Crippen LogP contribution in [-0.2, 0) is 14.4 Å². The molecule has 0 saturated carbocycles. The molecular formula is C15H14NO7+. The van der Waals surface area contributed by atoms with Gasteiger partial charge >= 0.3 is 17.9 Å². The fourth-order valence-corrected chi connectivity index (χ4v) is 2.06. The van der Waals surface area contributed by atoms with Crippen LogP contribution in [0.15, 0.2) is 42.6 Å². The lowest BCUT2D eigenvalue weighted by atomic mass is 9.96. The zero-order valence-electron chi connectivity index (χ0n) is 11.9. The van der Waals surface area contributed by atoms with E-state index in [1.165, 1.54) is 6.20 Å². The molecule has 0 aliphatic heterocycles. The van der Waals surface area contributed by atoms with E-state index in [0.29, 0.717) is 5.52 Å². The Kier molecular flexibility index (Phi) is 4.56. The van der Waals surface area contributed by atoms with Crippen LogP contribution in [-0.4, -0.2) is 38.8 Å². The van der Waals surface area contributed by atoms with Crippen LogP contribution < -0.4 is 9.57 Å². The number of carbonyl (C=O) groups is 3. The third-order valence-electron chi connectivity index (χ3n) is 3.15. The highest BCUT2D eigenvalue weighted by atomic mass is 16.7. The highest BCUT2D eigenvalue weighted by molar-refractivity contribution is 5.88. The van der Waals surface area contributed by atoms with Gasteiger partial charge in [-0.3, -0.25) is 4.79 Å². The first-order valence-electron chi connectivity index (χ1n) is 6.60. The van der Waals surface area contributed by atoms with Crippen molar-refractivity contribution in [3.8, 4) is 0 Å². The molecule has 0 bridgehead atoms. The van der Waals surface area contributed by atoms with Crippen molar-refractivity contribution in [2.75, 3.05) is 0 Å². The van der Waals surface area contributed by atoms with Crippen molar-refractivity contribution >= 4 is 28.8 Å². The summed E-state index contributed by atoms with van der Waals surface area (Å²) in [5.74, 6) is -4.42. The molecule has 0 radical (unpaired) electrons. The first kappa shape index (κ1) is 16.4. The molecule has 23 heavy (non-hydrogen) atoms. The molecule has 1 aromatic heterocycles. The number of pyridine rings is 1. The topological polar surface area (TPSA) is 125 Å². The number of carboxylic acid groups (broad SMARTS) is 2. The lowest BCUT2D eigenvalue weighted by Crippen LogP contribution is -2.50. The molecule has 0 saturated heterocycles. The van der Waals surface area contributed by atoms with Crippen molar-refractivity contribution in [2.24, 2.45) is 0 Å². The summed E-state index contributed by atoms with van der Waals surface area (Å²) in [6.45, 7) is 0. The third kappa shape index (κ3) is 3.80. The maximum absolute atomic E-state index is 11.9. The predicted octanol–water partition coefficient (Wildman–Crippen LogP) is -0.237. The summed E-state index contributed by atoms with van der Waals surface area (Å²) in [5.41, 5.74) is -2.17. The van der Waals surface area contributed by atoms with Crippen LogP contribution in [0, 0.1) is 0 Å². The van der Waals surface area contributed by atoms with E-state index >= 15 is 0 Å². The smallest absolute Gasteiger partial charge is 0.383 e. The molecular weight excluding hydrogens is 306 g/mol. The highest BCUT2D eigenvalue weighted by Crippen LogP contribution is 2.16. The quantitative estimate of drug-likeness (QED) is 0.627. The van der Waals surface area contributed by atoms with E-state index in [2.05, 4.69) is 0 Å². The number of carboxylic acids is 2. The van der Waals surface area contributed by atoms with Crippen molar-refractivity contribution < 1.29 is 39.3 Å². The van der Waals surface area contributed by atoms with Crippen LogP contribution in [0.5, 0.6) is 0 Å². The number of benzene rings is 1. The lowest BCUT2D eigenvalue weighted by Gasteiger charge is -2.18. The van der Waals surface area contributed by atoms with Gasteiger partial charge in [-0.2, -0.15) is 4.84 Å². The van der Waals surface area contributed by atoms with Crippen molar-refractivity contribution in [3.05, 3.63) is 42.6 Å². The Hall–Kier alpha value is -3.00. The van der Waals surface area contributed by atoms with Gasteiger partial charge in [-0.15, -0.1) is 0 Å². The van der Waals surface area contributed by atoms with Crippen LogP contribution in [0.1, 0.15) is 12.8 Å². The Morgan fingerprint density at radius 3 is 2.35 bits per heavy atom. The van der Waals surface area contributed by atoms with Gasteiger partial charge in [-0.25, -0.2) is 9.59 Å². The summed E-state index contributed by atoms with van der Waals surface area (Å²) in [5, 5.41) is 28.2. The summed E-state index contributed by atoms with van der Waals surface area (Å²) in [6, 6.07) is 10.4. The molecule has 0 amide bonds. The molecule has 8 nitrogen and oxygen atoms in total. The lowest BCUT2D eigenvalue weighted by molar-refractivity contribution is -0.848. The third-order valence-corrected chi connectivity index (χ3v) is 3.15. The molecule has 0 fully saturated rings. The van der Waals surface area contributed by atoms with E-state index in [1.54, 1.807) is 36.4 Å². The van der Waals surface area contributed by atoms with E-state index in [-0.39, 0.29) is 0 Å². The number of hydrogen-bond acceptors (Lipinski definition) is 5. The Morgan fingerprint density at radius 2 is 1.70 bits per heavy atom. The van der Waals surface area contributed by atoms with E-state index < -0.39 is 36.4 Å². The molecule has 0 spiro atoms. The van der Waals surface area contributed by atoms with Gasteiger partial charge in [0.15, 0.2) is 5.60 Å². The van der Waals surface area contributed by atoms with Crippen LogP contribution in [0.4, 0.5) is 0 Å². The number of para-hydroxylation sites is 1. The Labute approximate surface area is 130 Å². The fourth-order valence-electron chi connectivity index (χ4n) is 2.06. The second-order valence-electron chi connectivity index (χ2n) is 4.94. The number of carbonyl (C=O) groups excluding carboxylic acids is 1. The molecule has 3 N–H and O–H groups in total. The number of rotatable bonds is 6. The minimum Gasteiger partial charge on any atom is -0.481 e. The molecule has 2 rings (SSSR count). The molecule has 120 valence electrons. The Bertz CT molecular complexity index is 768. The number of aromatic nitrogens is 1. The number of nitrogens with zero attached hydrogens (tertiary/aromatic N) is 1. The number of hydrogen-bond donors (Lipinski definition) is 3.